The molecule has 0 aliphatic heterocycles. The highest BCUT2D eigenvalue weighted by atomic mass is 32.1. The molecule has 1 aromatic carbocycles. The number of nitrogens with one attached hydrogen (secondary N) is 1. The summed E-state index contributed by atoms with van der Waals surface area (Å²) < 4.78 is 8.01. The molecule has 4 rings (SSSR count). The molecule has 3 aromatic heterocycles. The van der Waals surface area contributed by atoms with E-state index in [1.165, 1.54) is 21.9 Å². The molecule has 28 heavy (non-hydrogen) atoms. The predicted octanol–water partition coefficient (Wildman–Crippen LogP) is 2.58. The van der Waals surface area contributed by atoms with E-state index >= 15 is 0 Å². The van der Waals surface area contributed by atoms with E-state index in [0.29, 0.717) is 28.7 Å². The molecule has 1 amide bonds. The Morgan fingerprint density at radius 2 is 2.04 bits per heavy atom. The maximum Gasteiger partial charge on any atom is 0.275 e. The van der Waals surface area contributed by atoms with E-state index in [0.717, 1.165) is 4.88 Å². The third-order valence-corrected chi connectivity index (χ3v) is 5.08. The molecule has 0 spiro atoms. The van der Waals surface area contributed by atoms with Crippen LogP contribution in [-0.4, -0.2) is 32.2 Å². The van der Waals surface area contributed by atoms with E-state index in [9.17, 15) is 9.59 Å². The SMILES string of the molecule is COc1ccc(NC(=O)Cn2c(C)cc(=O)n3nc(-c4cccs4)nc23)cc1. The second kappa shape index (κ2) is 7.28. The Bertz CT molecular complexity index is 1190. The summed E-state index contributed by atoms with van der Waals surface area (Å²) in [5, 5.41) is 9.06. The molecule has 0 aliphatic rings. The van der Waals surface area contributed by atoms with Crippen LogP contribution in [0.2, 0.25) is 0 Å². The summed E-state index contributed by atoms with van der Waals surface area (Å²) in [5.74, 6) is 1.26. The summed E-state index contributed by atoms with van der Waals surface area (Å²) in [6, 6.07) is 12.3. The van der Waals surface area contributed by atoms with E-state index in [-0.39, 0.29) is 18.0 Å². The lowest BCUT2D eigenvalue weighted by atomic mass is 10.3. The lowest BCUT2D eigenvalue weighted by Crippen LogP contribution is -2.25. The molecule has 8 nitrogen and oxygen atoms in total. The number of thiophene rings is 1. The molecular weight excluding hydrogens is 378 g/mol. The number of methoxy groups -OCH3 is 1. The number of anilines is 1. The van der Waals surface area contributed by atoms with Crippen LogP contribution in [0.3, 0.4) is 0 Å². The van der Waals surface area contributed by atoms with E-state index in [1.54, 1.807) is 42.9 Å². The van der Waals surface area contributed by atoms with Gasteiger partial charge in [0.2, 0.25) is 11.7 Å². The number of carbonyl (C=O) groups is 1. The van der Waals surface area contributed by atoms with Crippen LogP contribution in [-0.2, 0) is 11.3 Å². The summed E-state index contributed by atoms with van der Waals surface area (Å²) in [6.45, 7) is 1.77. The van der Waals surface area contributed by atoms with Crippen molar-refractivity contribution < 1.29 is 9.53 Å². The average molecular weight is 395 g/mol. The highest BCUT2D eigenvalue weighted by molar-refractivity contribution is 7.13. The summed E-state index contributed by atoms with van der Waals surface area (Å²) in [6.07, 6.45) is 0. The molecule has 1 N–H and O–H groups in total. The molecule has 0 saturated carbocycles. The monoisotopic (exact) mass is 395 g/mol. The highest BCUT2D eigenvalue weighted by Crippen LogP contribution is 2.21. The van der Waals surface area contributed by atoms with Crippen LogP contribution in [0.1, 0.15) is 5.69 Å². The van der Waals surface area contributed by atoms with Crippen LogP contribution >= 0.6 is 11.3 Å². The van der Waals surface area contributed by atoms with Gasteiger partial charge < -0.3 is 14.6 Å². The van der Waals surface area contributed by atoms with Crippen LogP contribution in [0.25, 0.3) is 16.5 Å². The largest absolute Gasteiger partial charge is 0.497 e. The first-order valence-electron chi connectivity index (χ1n) is 8.50. The number of amides is 1. The first-order chi connectivity index (χ1) is 13.5. The van der Waals surface area contributed by atoms with Gasteiger partial charge in [-0.1, -0.05) is 6.07 Å². The van der Waals surface area contributed by atoms with Gasteiger partial charge in [-0.3, -0.25) is 9.59 Å². The lowest BCUT2D eigenvalue weighted by Gasteiger charge is -2.12. The molecule has 142 valence electrons. The molecule has 0 unspecified atom stereocenters. The quantitative estimate of drug-likeness (QED) is 0.561. The Morgan fingerprint density at radius 1 is 1.25 bits per heavy atom. The maximum atomic E-state index is 12.6. The highest BCUT2D eigenvalue weighted by Gasteiger charge is 2.16. The molecule has 0 saturated heterocycles. The summed E-state index contributed by atoms with van der Waals surface area (Å²) >= 11 is 1.49. The second-order valence-electron chi connectivity index (χ2n) is 6.11. The molecular formula is C19H17N5O3S. The normalized spacial score (nSPS) is 10.9. The minimum atomic E-state index is -0.283. The van der Waals surface area contributed by atoms with Crippen molar-refractivity contribution in [2.24, 2.45) is 0 Å². The summed E-state index contributed by atoms with van der Waals surface area (Å²) in [4.78, 5) is 30.2. The van der Waals surface area contributed by atoms with Crippen LogP contribution < -0.4 is 15.6 Å². The first-order valence-corrected chi connectivity index (χ1v) is 9.38. The van der Waals surface area contributed by atoms with Crippen LogP contribution in [0.5, 0.6) is 5.75 Å². The fraction of sp³-hybridized carbons (Fsp3) is 0.158. The Morgan fingerprint density at radius 3 is 2.71 bits per heavy atom. The van der Waals surface area contributed by atoms with Gasteiger partial charge >= 0.3 is 0 Å². The standard InChI is InChI=1S/C19H17N5O3S/c1-12-10-17(26)24-19(21-18(22-24)15-4-3-9-28-15)23(12)11-16(25)20-13-5-7-14(27-2)8-6-13/h3-10H,11H2,1-2H3,(H,20,25). The Balaban J connectivity index is 1.65. The van der Waals surface area contributed by atoms with Gasteiger partial charge in [0, 0.05) is 17.4 Å². The number of nitrogens with zero attached hydrogens (tertiary/aromatic N) is 4. The molecule has 9 heteroatoms. The summed E-state index contributed by atoms with van der Waals surface area (Å²) in [7, 11) is 1.58. The molecule has 0 atom stereocenters. The molecule has 0 fully saturated rings. The van der Waals surface area contributed by atoms with Crippen molar-refractivity contribution in [3.8, 4) is 16.5 Å². The van der Waals surface area contributed by atoms with Crippen molar-refractivity contribution in [1.29, 1.82) is 0 Å². The molecule has 3 heterocycles. The first kappa shape index (κ1) is 17.9. The zero-order chi connectivity index (χ0) is 19.7. The zero-order valence-corrected chi connectivity index (χ0v) is 16.1. The Kier molecular flexibility index (Phi) is 4.66. The van der Waals surface area contributed by atoms with Crippen molar-refractivity contribution >= 4 is 28.7 Å². The fourth-order valence-corrected chi connectivity index (χ4v) is 3.48. The van der Waals surface area contributed by atoms with Crippen molar-refractivity contribution in [3.05, 3.63) is 63.9 Å². The number of rotatable bonds is 5. The smallest absolute Gasteiger partial charge is 0.275 e. The Hall–Kier alpha value is -3.46. The van der Waals surface area contributed by atoms with E-state index < -0.39 is 0 Å². The third-order valence-electron chi connectivity index (χ3n) is 4.22. The van der Waals surface area contributed by atoms with Crippen molar-refractivity contribution in [3.63, 3.8) is 0 Å². The zero-order valence-electron chi connectivity index (χ0n) is 15.2. The third kappa shape index (κ3) is 3.39. The minimum Gasteiger partial charge on any atom is -0.497 e. The van der Waals surface area contributed by atoms with Gasteiger partial charge in [0.15, 0.2) is 5.82 Å². The number of benzene rings is 1. The van der Waals surface area contributed by atoms with Gasteiger partial charge in [0.25, 0.3) is 5.56 Å². The van der Waals surface area contributed by atoms with Gasteiger partial charge in [-0.25, -0.2) is 0 Å². The van der Waals surface area contributed by atoms with E-state index in [1.807, 2.05) is 17.5 Å². The number of aryl methyl sites for hydroxylation is 1. The predicted molar refractivity (Wildman–Crippen MR) is 107 cm³/mol. The van der Waals surface area contributed by atoms with Crippen molar-refractivity contribution in [1.82, 2.24) is 19.2 Å². The van der Waals surface area contributed by atoms with Crippen LogP contribution in [0, 0.1) is 6.92 Å². The van der Waals surface area contributed by atoms with Gasteiger partial charge in [-0.05, 0) is 42.6 Å². The van der Waals surface area contributed by atoms with Crippen molar-refractivity contribution in [2.45, 2.75) is 13.5 Å². The molecule has 4 aromatic rings. The van der Waals surface area contributed by atoms with Crippen LogP contribution in [0.15, 0.2) is 52.6 Å². The van der Waals surface area contributed by atoms with E-state index in [4.69, 9.17) is 4.74 Å². The Labute approximate surface area is 164 Å². The number of hydrogen-bond donors (Lipinski definition) is 1. The number of carbonyl (C=O) groups excluding carboxylic acids is 1. The number of hydrogen-bond acceptors (Lipinski definition) is 6. The minimum absolute atomic E-state index is 0.00418. The van der Waals surface area contributed by atoms with Gasteiger partial charge in [0.05, 0.1) is 12.0 Å². The van der Waals surface area contributed by atoms with Gasteiger partial charge in [-0.2, -0.15) is 9.50 Å². The maximum absolute atomic E-state index is 12.6. The molecule has 0 bridgehead atoms. The van der Waals surface area contributed by atoms with Gasteiger partial charge in [-0.15, -0.1) is 16.4 Å². The molecule has 0 radical (unpaired) electrons. The average Bonchev–Trinajstić information content (AvgIpc) is 3.35. The molecule has 0 aliphatic carbocycles. The number of aromatic nitrogens is 4. The summed E-state index contributed by atoms with van der Waals surface area (Å²) in [5.41, 5.74) is 1.00. The lowest BCUT2D eigenvalue weighted by molar-refractivity contribution is -0.116. The van der Waals surface area contributed by atoms with Crippen LogP contribution in [0.4, 0.5) is 5.69 Å². The fourth-order valence-electron chi connectivity index (χ4n) is 2.83. The van der Waals surface area contributed by atoms with E-state index in [2.05, 4.69) is 15.4 Å². The van der Waals surface area contributed by atoms with Crippen molar-refractivity contribution in [2.75, 3.05) is 12.4 Å². The number of fused-ring (bicyclic) bond motifs is 1. The number of ether oxygens (including phenoxy) is 1. The topological polar surface area (TPSA) is 90.5 Å². The second-order valence-corrected chi connectivity index (χ2v) is 7.06. The van der Waals surface area contributed by atoms with Gasteiger partial charge in [0.1, 0.15) is 12.3 Å².